The van der Waals surface area contributed by atoms with Crippen molar-refractivity contribution in [2.75, 3.05) is 20.2 Å². The molecule has 2 unspecified atom stereocenters. The maximum absolute atomic E-state index is 12.3. The van der Waals surface area contributed by atoms with Crippen molar-refractivity contribution in [1.82, 2.24) is 10.6 Å². The van der Waals surface area contributed by atoms with Crippen LogP contribution in [0.5, 0.6) is 17.2 Å². The van der Waals surface area contributed by atoms with Crippen LogP contribution in [-0.4, -0.2) is 26.1 Å². The highest BCUT2D eigenvalue weighted by Gasteiger charge is 2.21. The second-order valence-corrected chi connectivity index (χ2v) is 7.46. The number of nitrogens with one attached hydrogen (secondary N) is 2. The monoisotopic (exact) mass is 382 g/mol. The molecule has 0 aromatic heterocycles. The Bertz CT molecular complexity index is 755. The van der Waals surface area contributed by atoms with Gasteiger partial charge in [-0.3, -0.25) is 4.79 Å². The summed E-state index contributed by atoms with van der Waals surface area (Å²) < 4.78 is 11.2. The minimum absolute atomic E-state index is 0.118. The molecule has 1 amide bonds. The first-order chi connectivity index (χ1) is 13.7. The van der Waals surface area contributed by atoms with Crippen molar-refractivity contribution in [1.29, 1.82) is 0 Å². The molecule has 1 saturated heterocycles. The zero-order valence-corrected chi connectivity index (χ0v) is 16.7. The van der Waals surface area contributed by atoms with E-state index in [9.17, 15) is 4.79 Å². The van der Waals surface area contributed by atoms with E-state index in [1.54, 1.807) is 7.11 Å². The van der Waals surface area contributed by atoms with Crippen molar-refractivity contribution in [3.05, 3.63) is 54.1 Å². The molecule has 28 heavy (non-hydrogen) atoms. The van der Waals surface area contributed by atoms with Gasteiger partial charge in [0.05, 0.1) is 7.11 Å². The molecule has 0 radical (unpaired) electrons. The highest BCUT2D eigenvalue weighted by atomic mass is 16.5. The number of benzene rings is 2. The van der Waals surface area contributed by atoms with Gasteiger partial charge in [-0.15, -0.1) is 0 Å². The molecule has 0 spiro atoms. The zero-order valence-electron chi connectivity index (χ0n) is 16.7. The van der Waals surface area contributed by atoms with Crippen LogP contribution in [0.3, 0.4) is 0 Å². The lowest BCUT2D eigenvalue weighted by Gasteiger charge is -2.28. The van der Waals surface area contributed by atoms with E-state index in [-0.39, 0.29) is 5.91 Å². The van der Waals surface area contributed by atoms with E-state index < -0.39 is 0 Å². The fourth-order valence-corrected chi connectivity index (χ4v) is 3.60. The normalized spacial score (nSPS) is 17.6. The lowest BCUT2D eigenvalue weighted by Crippen LogP contribution is -2.35. The third-order valence-electron chi connectivity index (χ3n) is 5.36. The first-order valence-corrected chi connectivity index (χ1v) is 10.0. The van der Waals surface area contributed by atoms with Crippen LogP contribution in [0.15, 0.2) is 48.5 Å². The van der Waals surface area contributed by atoms with Gasteiger partial charge in [0, 0.05) is 13.0 Å². The Labute approximate surface area is 167 Å². The lowest BCUT2D eigenvalue weighted by atomic mass is 9.85. The fraction of sp³-hybridized carbons (Fsp3) is 0.435. The van der Waals surface area contributed by atoms with Crippen LogP contribution in [0.4, 0.5) is 0 Å². The Morgan fingerprint density at radius 2 is 1.93 bits per heavy atom. The first kappa shape index (κ1) is 20.2. The van der Waals surface area contributed by atoms with Gasteiger partial charge in [-0.25, -0.2) is 0 Å². The Morgan fingerprint density at radius 3 is 2.61 bits per heavy atom. The molecular formula is C23H30N2O3. The van der Waals surface area contributed by atoms with Gasteiger partial charge in [0.25, 0.3) is 0 Å². The van der Waals surface area contributed by atoms with Crippen molar-refractivity contribution in [2.45, 2.75) is 32.7 Å². The summed E-state index contributed by atoms with van der Waals surface area (Å²) in [7, 11) is 1.62. The number of ether oxygens (including phenoxy) is 2. The highest BCUT2D eigenvalue weighted by Crippen LogP contribution is 2.30. The number of piperidine rings is 1. The summed E-state index contributed by atoms with van der Waals surface area (Å²) in [5, 5.41) is 6.46. The third-order valence-corrected chi connectivity index (χ3v) is 5.36. The van der Waals surface area contributed by atoms with Crippen molar-refractivity contribution < 1.29 is 14.3 Å². The molecule has 5 heteroatoms. The molecule has 0 aliphatic carbocycles. The van der Waals surface area contributed by atoms with Crippen molar-refractivity contribution in [3.8, 4) is 17.2 Å². The molecule has 1 heterocycles. The standard InChI is InChI=1S/C23H30N2O3/c1-17(19-6-5-13-24-16-19)14-23(26)25-15-18-9-11-20(12-10-18)28-22-8-4-3-7-21(22)27-2/h3-4,7-12,17,19,24H,5-6,13-16H2,1-2H3,(H,25,26). The fourth-order valence-electron chi connectivity index (χ4n) is 3.60. The van der Waals surface area contributed by atoms with Crippen molar-refractivity contribution in [2.24, 2.45) is 11.8 Å². The van der Waals surface area contributed by atoms with E-state index in [0.29, 0.717) is 36.3 Å². The first-order valence-electron chi connectivity index (χ1n) is 10.0. The number of carbonyl (C=O) groups is 1. The molecule has 2 atom stereocenters. The van der Waals surface area contributed by atoms with E-state index in [0.717, 1.165) is 24.4 Å². The minimum atomic E-state index is 0.118. The number of methoxy groups -OCH3 is 1. The van der Waals surface area contributed by atoms with Gasteiger partial charge in [-0.05, 0) is 67.6 Å². The van der Waals surface area contributed by atoms with Crippen molar-refractivity contribution >= 4 is 5.91 Å². The topological polar surface area (TPSA) is 59.6 Å². The zero-order chi connectivity index (χ0) is 19.8. The highest BCUT2D eigenvalue weighted by molar-refractivity contribution is 5.76. The number of hydrogen-bond donors (Lipinski definition) is 2. The van der Waals surface area contributed by atoms with Gasteiger partial charge in [-0.2, -0.15) is 0 Å². The molecule has 2 N–H and O–H groups in total. The van der Waals surface area contributed by atoms with Gasteiger partial charge in [0.2, 0.25) is 5.91 Å². The molecule has 2 aromatic rings. The smallest absolute Gasteiger partial charge is 0.220 e. The lowest BCUT2D eigenvalue weighted by molar-refractivity contribution is -0.122. The van der Waals surface area contributed by atoms with E-state index in [4.69, 9.17) is 9.47 Å². The molecule has 1 aliphatic heterocycles. The summed E-state index contributed by atoms with van der Waals surface area (Å²) in [6, 6.07) is 15.3. The van der Waals surface area contributed by atoms with E-state index >= 15 is 0 Å². The number of hydrogen-bond acceptors (Lipinski definition) is 4. The largest absolute Gasteiger partial charge is 0.493 e. The average molecular weight is 383 g/mol. The Hall–Kier alpha value is -2.53. The molecule has 1 fully saturated rings. The second kappa shape index (κ2) is 10.1. The number of amides is 1. The van der Waals surface area contributed by atoms with E-state index in [1.165, 1.54) is 12.8 Å². The number of rotatable bonds is 8. The Balaban J connectivity index is 1.46. The van der Waals surface area contributed by atoms with E-state index in [2.05, 4.69) is 17.6 Å². The van der Waals surface area contributed by atoms with Gasteiger partial charge < -0.3 is 20.1 Å². The van der Waals surface area contributed by atoms with Crippen LogP contribution in [0, 0.1) is 11.8 Å². The molecule has 0 saturated carbocycles. The van der Waals surface area contributed by atoms with Crippen LogP contribution in [0.2, 0.25) is 0 Å². The summed E-state index contributed by atoms with van der Waals surface area (Å²) in [6.07, 6.45) is 3.01. The molecule has 1 aliphatic rings. The average Bonchev–Trinajstić information content (AvgIpc) is 2.74. The maximum atomic E-state index is 12.3. The van der Waals surface area contributed by atoms with E-state index in [1.807, 2.05) is 48.5 Å². The number of para-hydroxylation sites is 2. The van der Waals surface area contributed by atoms with Crippen LogP contribution >= 0.6 is 0 Å². The van der Waals surface area contributed by atoms with Gasteiger partial charge >= 0.3 is 0 Å². The molecular weight excluding hydrogens is 352 g/mol. The second-order valence-electron chi connectivity index (χ2n) is 7.46. The Morgan fingerprint density at radius 1 is 1.18 bits per heavy atom. The summed E-state index contributed by atoms with van der Waals surface area (Å²) in [6.45, 7) is 4.85. The molecule has 2 aromatic carbocycles. The van der Waals surface area contributed by atoms with Crippen LogP contribution in [0.1, 0.15) is 31.7 Å². The van der Waals surface area contributed by atoms with Crippen LogP contribution < -0.4 is 20.1 Å². The third kappa shape index (κ3) is 5.73. The van der Waals surface area contributed by atoms with Crippen molar-refractivity contribution in [3.63, 3.8) is 0 Å². The summed E-state index contributed by atoms with van der Waals surface area (Å²) in [5.41, 5.74) is 1.05. The minimum Gasteiger partial charge on any atom is -0.493 e. The quantitative estimate of drug-likeness (QED) is 0.721. The molecule has 0 bridgehead atoms. The van der Waals surface area contributed by atoms with Gasteiger partial charge in [0.1, 0.15) is 5.75 Å². The molecule has 5 nitrogen and oxygen atoms in total. The summed E-state index contributed by atoms with van der Waals surface area (Å²) >= 11 is 0. The molecule has 3 rings (SSSR count). The van der Waals surface area contributed by atoms with Gasteiger partial charge in [-0.1, -0.05) is 31.2 Å². The maximum Gasteiger partial charge on any atom is 0.220 e. The number of carbonyl (C=O) groups excluding carboxylic acids is 1. The van der Waals surface area contributed by atoms with Crippen LogP contribution in [-0.2, 0) is 11.3 Å². The van der Waals surface area contributed by atoms with Crippen LogP contribution in [0.25, 0.3) is 0 Å². The molecule has 150 valence electrons. The predicted molar refractivity (Wildman–Crippen MR) is 111 cm³/mol. The summed E-state index contributed by atoms with van der Waals surface area (Å²) in [4.78, 5) is 12.3. The predicted octanol–water partition coefficient (Wildman–Crippen LogP) is 4.13. The SMILES string of the molecule is COc1ccccc1Oc1ccc(CNC(=O)CC(C)C2CCCNC2)cc1. The Kier molecular flexibility index (Phi) is 7.31. The van der Waals surface area contributed by atoms with Gasteiger partial charge in [0.15, 0.2) is 11.5 Å². The summed E-state index contributed by atoms with van der Waals surface area (Å²) in [5.74, 6) is 3.24.